The summed E-state index contributed by atoms with van der Waals surface area (Å²) in [6, 6.07) is 5.79. The van der Waals surface area contributed by atoms with E-state index in [1.54, 1.807) is 0 Å². The van der Waals surface area contributed by atoms with Gasteiger partial charge in [0.15, 0.2) is 0 Å². The number of nitrogens with zero attached hydrogens (tertiary/aromatic N) is 2. The van der Waals surface area contributed by atoms with E-state index in [9.17, 15) is 5.11 Å². The average molecular weight is 297 g/mol. The molecule has 0 amide bonds. The molecule has 0 unspecified atom stereocenters. The minimum absolute atomic E-state index is 0.307. The topological polar surface area (TPSA) is 55.2 Å². The highest BCUT2D eigenvalue weighted by molar-refractivity contribution is 7.10. The van der Waals surface area contributed by atoms with Crippen LogP contribution in [0.15, 0.2) is 18.2 Å². The Morgan fingerprint density at radius 1 is 1.47 bits per heavy atom. The van der Waals surface area contributed by atoms with E-state index in [-0.39, 0.29) is 6.10 Å². The molecule has 1 aliphatic carbocycles. The molecular weight excluding hydrogens is 284 g/mol. The van der Waals surface area contributed by atoms with Gasteiger partial charge in [-0.15, -0.1) is 5.10 Å². The van der Waals surface area contributed by atoms with Crippen LogP contribution in [0.2, 0.25) is 4.34 Å². The number of hydrogen-bond acceptors (Lipinski definition) is 5. The second kappa shape index (κ2) is 5.45. The van der Waals surface area contributed by atoms with Crippen LogP contribution < -0.4 is 4.74 Å². The summed E-state index contributed by atoms with van der Waals surface area (Å²) in [6.45, 7) is 0.307. The van der Waals surface area contributed by atoms with E-state index < -0.39 is 0 Å². The summed E-state index contributed by atoms with van der Waals surface area (Å²) in [5.41, 5.74) is 2.73. The first kappa shape index (κ1) is 12.8. The summed E-state index contributed by atoms with van der Waals surface area (Å²) in [6.07, 6.45) is 2.36. The van der Waals surface area contributed by atoms with Gasteiger partial charge in [0.2, 0.25) is 0 Å². The van der Waals surface area contributed by atoms with Crippen LogP contribution in [0.5, 0.6) is 5.75 Å². The highest BCUT2D eigenvalue weighted by Crippen LogP contribution is 2.35. The minimum atomic E-state index is -0.378. The van der Waals surface area contributed by atoms with Crippen LogP contribution in [-0.2, 0) is 13.0 Å². The van der Waals surface area contributed by atoms with Gasteiger partial charge in [-0.3, -0.25) is 0 Å². The highest BCUT2D eigenvalue weighted by Gasteiger charge is 2.21. The third-order valence-electron chi connectivity index (χ3n) is 3.31. The number of benzene rings is 1. The zero-order chi connectivity index (χ0) is 13.2. The first-order valence-electron chi connectivity index (χ1n) is 6.15. The lowest BCUT2D eigenvalue weighted by Gasteiger charge is -2.23. The van der Waals surface area contributed by atoms with Gasteiger partial charge in [0.05, 0.1) is 6.10 Å². The van der Waals surface area contributed by atoms with Crippen molar-refractivity contribution in [3.05, 3.63) is 39.4 Å². The molecule has 0 saturated heterocycles. The number of rotatable bonds is 3. The normalized spacial score (nSPS) is 18.1. The molecule has 0 spiro atoms. The molecule has 1 atom stereocenters. The Morgan fingerprint density at radius 3 is 3.16 bits per heavy atom. The first-order valence-corrected chi connectivity index (χ1v) is 7.30. The summed E-state index contributed by atoms with van der Waals surface area (Å²) >= 11 is 7.10. The lowest BCUT2D eigenvalue weighted by atomic mass is 9.89. The Morgan fingerprint density at radius 2 is 2.37 bits per heavy atom. The molecule has 0 fully saturated rings. The second-order valence-electron chi connectivity index (χ2n) is 4.51. The van der Waals surface area contributed by atoms with Crippen LogP contribution in [0.25, 0.3) is 0 Å². The Bertz CT molecular complexity index is 588. The number of aliphatic hydroxyl groups excluding tert-OH is 1. The third kappa shape index (κ3) is 2.59. The molecule has 0 saturated carbocycles. The van der Waals surface area contributed by atoms with E-state index >= 15 is 0 Å². The van der Waals surface area contributed by atoms with Crippen molar-refractivity contribution in [2.75, 3.05) is 0 Å². The summed E-state index contributed by atoms with van der Waals surface area (Å²) in [5, 5.41) is 13.9. The molecule has 0 radical (unpaired) electrons. The van der Waals surface area contributed by atoms with Crippen molar-refractivity contribution in [2.45, 2.75) is 32.0 Å². The number of fused-ring (bicyclic) bond motifs is 1. The number of halogens is 1. The van der Waals surface area contributed by atoms with Crippen molar-refractivity contribution in [1.29, 1.82) is 0 Å². The zero-order valence-electron chi connectivity index (χ0n) is 10.2. The van der Waals surface area contributed by atoms with E-state index in [1.807, 2.05) is 18.2 Å². The standard InChI is InChI=1S/C13H13ClN2O2S/c14-13-10(15-16-19-13)7-18-12-6-2-3-8-9(12)4-1-5-11(8)17/h2-3,6,11,17H,1,4-5,7H2/t11-/m0/s1. The second-order valence-corrected chi connectivity index (χ2v) is 5.87. The lowest BCUT2D eigenvalue weighted by Crippen LogP contribution is -2.11. The van der Waals surface area contributed by atoms with Gasteiger partial charge in [0, 0.05) is 11.5 Å². The van der Waals surface area contributed by atoms with Gasteiger partial charge in [-0.25, -0.2) is 0 Å². The summed E-state index contributed by atoms with van der Waals surface area (Å²) < 4.78 is 10.1. The third-order valence-corrected chi connectivity index (χ3v) is 4.29. The Labute approximate surface area is 120 Å². The number of hydrogen-bond donors (Lipinski definition) is 1. The Hall–Kier alpha value is -1.17. The molecule has 0 aliphatic heterocycles. The number of ether oxygens (including phenoxy) is 1. The molecule has 1 aliphatic rings. The van der Waals surface area contributed by atoms with Crippen LogP contribution >= 0.6 is 23.1 Å². The summed E-state index contributed by atoms with van der Waals surface area (Å²) in [5.74, 6) is 0.806. The van der Waals surface area contributed by atoms with E-state index in [4.69, 9.17) is 16.3 Å². The molecule has 6 heteroatoms. The van der Waals surface area contributed by atoms with Crippen molar-refractivity contribution in [3.8, 4) is 5.75 Å². The van der Waals surface area contributed by atoms with Gasteiger partial charge in [-0.05, 0) is 36.5 Å². The van der Waals surface area contributed by atoms with Gasteiger partial charge in [0.25, 0.3) is 0 Å². The van der Waals surface area contributed by atoms with Crippen LogP contribution in [0, 0.1) is 0 Å². The lowest BCUT2D eigenvalue weighted by molar-refractivity contribution is 0.155. The Kier molecular flexibility index (Phi) is 3.68. The van der Waals surface area contributed by atoms with Crippen molar-refractivity contribution in [1.82, 2.24) is 9.59 Å². The van der Waals surface area contributed by atoms with Crippen LogP contribution in [0.3, 0.4) is 0 Å². The summed E-state index contributed by atoms with van der Waals surface area (Å²) in [7, 11) is 0. The van der Waals surface area contributed by atoms with Gasteiger partial charge < -0.3 is 9.84 Å². The van der Waals surface area contributed by atoms with Crippen molar-refractivity contribution in [2.24, 2.45) is 0 Å². The Balaban J connectivity index is 1.82. The van der Waals surface area contributed by atoms with E-state index in [2.05, 4.69) is 9.59 Å². The van der Waals surface area contributed by atoms with Gasteiger partial charge in [-0.2, -0.15) is 0 Å². The zero-order valence-corrected chi connectivity index (χ0v) is 11.7. The average Bonchev–Trinajstić information content (AvgIpc) is 2.82. The highest BCUT2D eigenvalue weighted by atomic mass is 35.5. The van der Waals surface area contributed by atoms with Crippen molar-refractivity contribution in [3.63, 3.8) is 0 Å². The molecule has 19 heavy (non-hydrogen) atoms. The molecule has 1 heterocycles. The van der Waals surface area contributed by atoms with Gasteiger partial charge in [-0.1, -0.05) is 28.2 Å². The molecule has 4 nitrogen and oxygen atoms in total. The molecule has 3 rings (SSSR count). The van der Waals surface area contributed by atoms with Crippen molar-refractivity contribution < 1.29 is 9.84 Å². The predicted molar refractivity (Wildman–Crippen MR) is 73.6 cm³/mol. The molecule has 1 aromatic heterocycles. The van der Waals surface area contributed by atoms with Crippen LogP contribution in [-0.4, -0.2) is 14.7 Å². The van der Waals surface area contributed by atoms with E-state index in [1.165, 1.54) is 0 Å². The quantitative estimate of drug-likeness (QED) is 0.945. The molecule has 2 aromatic rings. The van der Waals surface area contributed by atoms with Crippen molar-refractivity contribution >= 4 is 23.1 Å². The maximum atomic E-state index is 9.98. The maximum absolute atomic E-state index is 9.98. The van der Waals surface area contributed by atoms with Crippen LogP contribution in [0.1, 0.15) is 35.8 Å². The molecule has 0 bridgehead atoms. The predicted octanol–water partition coefficient (Wildman–Crippen LogP) is 3.14. The van der Waals surface area contributed by atoms with E-state index in [0.29, 0.717) is 16.6 Å². The molecule has 1 aromatic carbocycles. The number of aliphatic hydroxyl groups is 1. The fraction of sp³-hybridized carbons (Fsp3) is 0.385. The van der Waals surface area contributed by atoms with Gasteiger partial charge in [0.1, 0.15) is 22.4 Å². The SMILES string of the molecule is O[C@H]1CCCc2c(OCc3nnsc3Cl)cccc21. The fourth-order valence-corrected chi connectivity index (χ4v) is 2.96. The molecule has 1 N–H and O–H groups in total. The van der Waals surface area contributed by atoms with E-state index in [0.717, 1.165) is 47.7 Å². The monoisotopic (exact) mass is 296 g/mol. The number of aromatic nitrogens is 2. The smallest absolute Gasteiger partial charge is 0.141 e. The van der Waals surface area contributed by atoms with Crippen LogP contribution in [0.4, 0.5) is 0 Å². The largest absolute Gasteiger partial charge is 0.487 e. The minimum Gasteiger partial charge on any atom is -0.487 e. The maximum Gasteiger partial charge on any atom is 0.141 e. The first-order chi connectivity index (χ1) is 9.25. The fourth-order valence-electron chi connectivity index (χ4n) is 2.35. The van der Waals surface area contributed by atoms with Gasteiger partial charge >= 0.3 is 0 Å². The summed E-state index contributed by atoms with van der Waals surface area (Å²) in [4.78, 5) is 0. The molecular formula is C13H13ClN2O2S. The molecule has 100 valence electrons.